The summed E-state index contributed by atoms with van der Waals surface area (Å²) in [6.45, 7) is 54.8. The van der Waals surface area contributed by atoms with Crippen molar-refractivity contribution < 1.29 is 25.8 Å². The van der Waals surface area contributed by atoms with Gasteiger partial charge in [0.15, 0.2) is 0 Å². The summed E-state index contributed by atoms with van der Waals surface area (Å²) in [5.74, 6) is 0. The van der Waals surface area contributed by atoms with Gasteiger partial charge in [0.2, 0.25) is 0 Å². The third kappa shape index (κ3) is 11.0. The van der Waals surface area contributed by atoms with Crippen LogP contribution in [0.5, 0.6) is 0 Å². The highest BCUT2D eigenvalue weighted by Gasteiger charge is 2.31. The summed E-state index contributed by atoms with van der Waals surface area (Å²) in [5.41, 5.74) is 11.5. The molecule has 0 saturated carbocycles. The Balaban J connectivity index is 1.59. The Morgan fingerprint density at radius 2 is 0.470 bits per heavy atom. The predicted octanol–water partition coefficient (Wildman–Crippen LogP) is 18.8. The van der Waals surface area contributed by atoms with Crippen LogP contribution in [0.25, 0.3) is 43.9 Å². The lowest BCUT2D eigenvalue weighted by molar-refractivity contribution is 0.280. The minimum absolute atomic E-state index is 0.0918. The van der Waals surface area contributed by atoms with Gasteiger partial charge in [-0.25, -0.2) is 0 Å². The number of fused-ring (bicyclic) bond motifs is 6. The van der Waals surface area contributed by atoms with Crippen molar-refractivity contribution in [1.29, 1.82) is 0 Å². The van der Waals surface area contributed by atoms with E-state index in [1.54, 1.807) is 0 Å². The van der Waals surface area contributed by atoms with Crippen molar-refractivity contribution in [3.05, 3.63) is 93.0 Å². The standard InChI is InChI=1S/C58H84O6P2/c1-51(2,3)35-27-39-40-28-36(52(4,5)6)32-44(56(16,17)18)48(40)62-65(61-47(39)43(31-35)55(13,14)15)59-25-26-60-66-63-49-41(29-37(53(7,8)9)33-45(49)57(19,20)21)42-30-38(54(10,11)12)34-46(50(42)64-66)58(22,23)24/h27-34H,25-26H2,1-24H3. The summed E-state index contributed by atoms with van der Waals surface area (Å²) < 4.78 is 41.7. The van der Waals surface area contributed by atoms with Crippen molar-refractivity contribution in [1.82, 2.24) is 0 Å². The largest absolute Gasteiger partial charge is 0.399 e. The molecular formula is C58H84O6P2. The summed E-state index contributed by atoms with van der Waals surface area (Å²) >= 11 is 0. The van der Waals surface area contributed by atoms with E-state index < -0.39 is 16.5 Å². The predicted molar refractivity (Wildman–Crippen MR) is 285 cm³/mol. The zero-order valence-corrected chi connectivity index (χ0v) is 47.2. The monoisotopic (exact) mass is 939 g/mol. The lowest BCUT2D eigenvalue weighted by Gasteiger charge is -2.27. The van der Waals surface area contributed by atoms with Crippen molar-refractivity contribution in [3.63, 3.8) is 0 Å². The van der Waals surface area contributed by atoms with Crippen molar-refractivity contribution in [2.75, 3.05) is 13.2 Å². The van der Waals surface area contributed by atoms with Crippen LogP contribution in [0.2, 0.25) is 0 Å². The summed E-state index contributed by atoms with van der Waals surface area (Å²) in [4.78, 5) is 0. The lowest BCUT2D eigenvalue weighted by atomic mass is 9.77. The Morgan fingerprint density at radius 3 is 0.621 bits per heavy atom. The molecule has 0 atom stereocenters. The first-order valence-electron chi connectivity index (χ1n) is 24.1. The Labute approximate surface area is 400 Å². The van der Waals surface area contributed by atoms with E-state index in [2.05, 4.69) is 215 Å². The number of benzene rings is 4. The van der Waals surface area contributed by atoms with E-state index in [-0.39, 0.29) is 56.5 Å². The molecule has 0 N–H and O–H groups in total. The van der Waals surface area contributed by atoms with Crippen LogP contribution in [0.1, 0.15) is 211 Å². The Hall–Kier alpha value is -3.40. The van der Waals surface area contributed by atoms with E-state index in [0.29, 0.717) is 0 Å². The SMILES string of the molecule is CC(C)(C)c1cc(C(C)(C)C)c2op(OCCOp3oc4c(C(C)(C)C)cc(C(C)(C)C)cc4c4cc(C(C)(C)C)cc(C(C)(C)C)c4o3)oc3c(C(C)(C)C)cc(C(C)(C)C)cc3c2c1. The fourth-order valence-corrected chi connectivity index (χ4v) is 10.4. The molecule has 0 aliphatic carbocycles. The second-order valence-corrected chi connectivity index (χ2v) is 29.2. The fourth-order valence-electron chi connectivity index (χ4n) is 8.33. The van der Waals surface area contributed by atoms with Crippen LogP contribution < -0.4 is 9.05 Å². The molecule has 0 saturated heterocycles. The Kier molecular flexibility index (Phi) is 13.6. The molecule has 8 heteroatoms. The van der Waals surface area contributed by atoms with Gasteiger partial charge < -0.3 is 16.8 Å². The molecule has 0 aliphatic heterocycles. The molecule has 0 fully saturated rings. The summed E-state index contributed by atoms with van der Waals surface area (Å²) in [7, 11) is -3.84. The van der Waals surface area contributed by atoms with Crippen molar-refractivity contribution in [2.24, 2.45) is 0 Å². The molecule has 6 nitrogen and oxygen atoms in total. The van der Waals surface area contributed by atoms with Gasteiger partial charge in [-0.1, -0.05) is 190 Å². The van der Waals surface area contributed by atoms with Gasteiger partial charge in [0.25, 0.3) is 0 Å². The highest BCUT2D eigenvalue weighted by Crippen LogP contribution is 2.47. The molecule has 4 aromatic carbocycles. The maximum absolute atomic E-state index is 7.05. The number of rotatable bonds is 5. The van der Waals surface area contributed by atoms with E-state index in [9.17, 15) is 0 Å². The molecule has 0 spiro atoms. The third-order valence-electron chi connectivity index (χ3n) is 12.8. The van der Waals surface area contributed by atoms with E-state index in [1.807, 2.05) is 0 Å². The Morgan fingerprint density at radius 1 is 0.288 bits per heavy atom. The van der Waals surface area contributed by atoms with Gasteiger partial charge in [0.05, 0.1) is 13.2 Å². The molecule has 2 aromatic heterocycles. The highest BCUT2D eigenvalue weighted by molar-refractivity contribution is 7.32. The second-order valence-electron chi connectivity index (χ2n) is 27.1. The lowest BCUT2D eigenvalue weighted by Crippen LogP contribution is -2.17. The van der Waals surface area contributed by atoms with Crippen LogP contribution in [0, 0.1) is 0 Å². The van der Waals surface area contributed by atoms with Crippen LogP contribution in [0.3, 0.4) is 0 Å². The maximum atomic E-state index is 7.05. The van der Waals surface area contributed by atoms with Gasteiger partial charge >= 0.3 is 16.5 Å². The van der Waals surface area contributed by atoms with Crippen molar-refractivity contribution >= 4 is 60.4 Å². The third-order valence-corrected chi connectivity index (χ3v) is 14.9. The zero-order chi connectivity index (χ0) is 49.7. The highest BCUT2D eigenvalue weighted by atomic mass is 31.1. The first-order chi connectivity index (χ1) is 29.8. The summed E-state index contributed by atoms with van der Waals surface area (Å²) in [5, 5.41) is 4.16. The topological polar surface area (TPSA) is 71.0 Å². The van der Waals surface area contributed by atoms with E-state index in [0.717, 1.165) is 66.1 Å². The van der Waals surface area contributed by atoms with Gasteiger partial charge in [-0.05, 0) is 89.8 Å². The number of hydrogen-bond acceptors (Lipinski definition) is 6. The molecule has 0 amide bonds. The molecule has 0 bridgehead atoms. The molecule has 362 valence electrons. The molecular weight excluding hydrogens is 855 g/mol. The quantitative estimate of drug-likeness (QED) is 0.160. The minimum Gasteiger partial charge on any atom is -0.399 e. The van der Waals surface area contributed by atoms with Crippen LogP contribution in [-0.4, -0.2) is 13.2 Å². The molecule has 0 radical (unpaired) electrons. The average molecular weight is 939 g/mol. The van der Waals surface area contributed by atoms with Gasteiger partial charge in [-0.15, -0.1) is 0 Å². The van der Waals surface area contributed by atoms with Crippen molar-refractivity contribution in [3.8, 4) is 0 Å². The van der Waals surface area contributed by atoms with Crippen LogP contribution in [0.4, 0.5) is 0 Å². The average Bonchev–Trinajstić information content (AvgIpc) is 3.39. The van der Waals surface area contributed by atoms with Crippen LogP contribution >= 0.6 is 16.5 Å². The fraction of sp³-hybridized carbons (Fsp3) is 0.586. The molecule has 2 heterocycles. The van der Waals surface area contributed by atoms with Gasteiger partial charge in [0, 0.05) is 43.8 Å². The molecule has 0 aliphatic rings. The van der Waals surface area contributed by atoms with E-state index in [1.165, 1.54) is 22.3 Å². The molecule has 66 heavy (non-hydrogen) atoms. The molecule has 6 aromatic rings. The van der Waals surface area contributed by atoms with Crippen LogP contribution in [-0.2, 0) is 43.3 Å². The van der Waals surface area contributed by atoms with Crippen LogP contribution in [0.15, 0.2) is 65.3 Å². The minimum atomic E-state index is -1.92. The molecule has 0 unspecified atom stereocenters. The van der Waals surface area contributed by atoms with Gasteiger partial charge in [-0.2, -0.15) is 0 Å². The van der Waals surface area contributed by atoms with Gasteiger partial charge in [-0.3, -0.25) is 9.05 Å². The maximum Gasteiger partial charge on any atom is 0.387 e. The van der Waals surface area contributed by atoms with E-state index >= 15 is 0 Å². The Bertz CT molecular complexity index is 2480. The molecule has 6 rings (SSSR count). The zero-order valence-electron chi connectivity index (χ0n) is 45.4. The summed E-state index contributed by atoms with van der Waals surface area (Å²) in [6, 6.07) is 18.6. The smallest absolute Gasteiger partial charge is 0.387 e. The van der Waals surface area contributed by atoms with Crippen molar-refractivity contribution in [2.45, 2.75) is 209 Å². The summed E-state index contributed by atoms with van der Waals surface area (Å²) in [6.07, 6.45) is 0. The van der Waals surface area contributed by atoms with Gasteiger partial charge in [0.1, 0.15) is 22.3 Å². The first kappa shape index (κ1) is 52.0. The second kappa shape index (κ2) is 17.2. The first-order valence-corrected chi connectivity index (χ1v) is 26.3. The van der Waals surface area contributed by atoms with E-state index in [4.69, 9.17) is 25.8 Å². The normalized spacial score (nSPS) is 14.0. The number of hydrogen-bond donors (Lipinski definition) is 0.